The maximum Gasteiger partial charge on any atom is 0.334 e. The molecule has 1 saturated heterocycles. The van der Waals surface area contributed by atoms with E-state index in [1.807, 2.05) is 6.08 Å². The monoisotopic (exact) mass is 253 g/mol. The summed E-state index contributed by atoms with van der Waals surface area (Å²) in [7, 11) is 0. The lowest BCUT2D eigenvalue weighted by atomic mass is 9.92. The minimum absolute atomic E-state index is 0.00902. The molecule has 1 amide bonds. The van der Waals surface area contributed by atoms with E-state index in [9.17, 15) is 9.59 Å². The van der Waals surface area contributed by atoms with Gasteiger partial charge in [0.15, 0.2) is 6.10 Å². The summed E-state index contributed by atoms with van der Waals surface area (Å²) in [5, 5.41) is 8.99. The standard InChI is InChI=1S/C13H19NO4/c1-9-7-14(8-11(18-9)13(16)17)12(15)10-5-3-2-4-6-10/h2-3,9-11H,4-8H2,1H3,(H,16,17)/t9-,10?,11?/m1/s1. The summed E-state index contributed by atoms with van der Waals surface area (Å²) in [6.45, 7) is 2.46. The summed E-state index contributed by atoms with van der Waals surface area (Å²) in [5.74, 6) is -0.918. The summed E-state index contributed by atoms with van der Waals surface area (Å²) in [6.07, 6.45) is 5.57. The molecule has 2 rings (SSSR count). The number of carbonyl (C=O) groups is 2. The molecule has 5 heteroatoms. The summed E-state index contributed by atoms with van der Waals surface area (Å²) >= 11 is 0. The van der Waals surface area contributed by atoms with Crippen molar-refractivity contribution in [2.24, 2.45) is 5.92 Å². The average molecular weight is 253 g/mol. The predicted molar refractivity (Wildman–Crippen MR) is 65.0 cm³/mol. The molecule has 1 fully saturated rings. The molecule has 0 aromatic rings. The molecule has 1 N–H and O–H groups in total. The predicted octanol–water partition coefficient (Wildman–Crippen LogP) is 1.04. The smallest absolute Gasteiger partial charge is 0.334 e. The molecule has 100 valence electrons. The van der Waals surface area contributed by atoms with E-state index in [4.69, 9.17) is 9.84 Å². The van der Waals surface area contributed by atoms with Crippen LogP contribution in [-0.4, -0.2) is 47.2 Å². The highest BCUT2D eigenvalue weighted by Crippen LogP contribution is 2.22. The Morgan fingerprint density at radius 3 is 2.72 bits per heavy atom. The van der Waals surface area contributed by atoms with Crippen molar-refractivity contribution in [3.05, 3.63) is 12.2 Å². The molecule has 0 radical (unpaired) electrons. The van der Waals surface area contributed by atoms with Crippen LogP contribution in [0.5, 0.6) is 0 Å². The quantitative estimate of drug-likeness (QED) is 0.747. The second kappa shape index (κ2) is 5.52. The van der Waals surface area contributed by atoms with Gasteiger partial charge in [0.25, 0.3) is 0 Å². The molecule has 1 aliphatic carbocycles. The Bertz CT molecular complexity index is 366. The van der Waals surface area contributed by atoms with E-state index in [1.165, 1.54) is 0 Å². The first-order chi connectivity index (χ1) is 8.58. The van der Waals surface area contributed by atoms with Gasteiger partial charge < -0.3 is 14.7 Å². The molecule has 0 spiro atoms. The van der Waals surface area contributed by atoms with Crippen LogP contribution in [0.15, 0.2) is 12.2 Å². The van der Waals surface area contributed by atoms with Crippen molar-refractivity contribution < 1.29 is 19.4 Å². The summed E-state index contributed by atoms with van der Waals surface area (Å²) in [5.41, 5.74) is 0. The van der Waals surface area contributed by atoms with Gasteiger partial charge in [0.05, 0.1) is 12.6 Å². The lowest BCUT2D eigenvalue weighted by Gasteiger charge is -2.37. The Kier molecular flexibility index (Phi) is 4.01. The molecule has 2 unspecified atom stereocenters. The Hall–Kier alpha value is -1.36. The molecular weight excluding hydrogens is 234 g/mol. The van der Waals surface area contributed by atoms with E-state index in [1.54, 1.807) is 11.8 Å². The first-order valence-electron chi connectivity index (χ1n) is 6.40. The fourth-order valence-electron chi connectivity index (χ4n) is 2.54. The maximum absolute atomic E-state index is 12.3. The topological polar surface area (TPSA) is 66.8 Å². The summed E-state index contributed by atoms with van der Waals surface area (Å²) in [4.78, 5) is 24.9. The van der Waals surface area contributed by atoms with Gasteiger partial charge in [-0.1, -0.05) is 12.2 Å². The lowest BCUT2D eigenvalue weighted by molar-refractivity contribution is -0.167. The van der Waals surface area contributed by atoms with E-state index in [0.29, 0.717) is 6.54 Å². The zero-order valence-electron chi connectivity index (χ0n) is 10.5. The van der Waals surface area contributed by atoms with Gasteiger partial charge in [0, 0.05) is 12.5 Å². The minimum atomic E-state index is -0.997. The van der Waals surface area contributed by atoms with Crippen LogP contribution in [0, 0.1) is 5.92 Å². The normalized spacial score (nSPS) is 32.3. The maximum atomic E-state index is 12.3. The van der Waals surface area contributed by atoms with Crippen molar-refractivity contribution in [3.8, 4) is 0 Å². The number of hydrogen-bond acceptors (Lipinski definition) is 3. The van der Waals surface area contributed by atoms with Gasteiger partial charge in [0.2, 0.25) is 5.91 Å². The molecule has 3 atom stereocenters. The molecule has 0 aromatic carbocycles. The summed E-state index contributed by atoms with van der Waals surface area (Å²) < 4.78 is 5.31. The Morgan fingerprint density at radius 2 is 2.11 bits per heavy atom. The Morgan fingerprint density at radius 1 is 1.33 bits per heavy atom. The SMILES string of the molecule is C[C@@H]1CN(C(=O)C2CC=CCC2)CC(C(=O)O)O1. The zero-order chi connectivity index (χ0) is 13.1. The van der Waals surface area contributed by atoms with E-state index in [-0.39, 0.29) is 24.5 Å². The number of ether oxygens (including phenoxy) is 1. The first kappa shape index (κ1) is 13.1. The molecule has 5 nitrogen and oxygen atoms in total. The van der Waals surface area contributed by atoms with Gasteiger partial charge in [-0.3, -0.25) is 4.79 Å². The lowest BCUT2D eigenvalue weighted by Crippen LogP contribution is -2.53. The molecule has 0 bridgehead atoms. The number of carboxylic acids is 1. The third kappa shape index (κ3) is 2.90. The third-order valence-electron chi connectivity index (χ3n) is 3.47. The molecular formula is C13H19NO4. The number of allylic oxidation sites excluding steroid dienone is 2. The van der Waals surface area contributed by atoms with Crippen LogP contribution in [-0.2, 0) is 14.3 Å². The zero-order valence-corrected chi connectivity index (χ0v) is 10.5. The molecule has 0 aromatic heterocycles. The number of rotatable bonds is 2. The van der Waals surface area contributed by atoms with E-state index in [2.05, 4.69) is 6.08 Å². The van der Waals surface area contributed by atoms with Crippen molar-refractivity contribution in [1.82, 2.24) is 4.90 Å². The summed E-state index contributed by atoms with van der Waals surface area (Å²) in [6, 6.07) is 0. The van der Waals surface area contributed by atoms with Gasteiger partial charge in [-0.25, -0.2) is 4.79 Å². The number of hydrogen-bond donors (Lipinski definition) is 1. The van der Waals surface area contributed by atoms with Crippen molar-refractivity contribution in [2.45, 2.75) is 38.4 Å². The minimum Gasteiger partial charge on any atom is -0.479 e. The number of carbonyl (C=O) groups excluding carboxylic acids is 1. The number of nitrogens with zero attached hydrogens (tertiary/aromatic N) is 1. The van der Waals surface area contributed by atoms with Crippen LogP contribution in [0.3, 0.4) is 0 Å². The largest absolute Gasteiger partial charge is 0.479 e. The molecule has 2 aliphatic rings. The Balaban J connectivity index is 2.00. The number of morpholine rings is 1. The molecule has 1 aliphatic heterocycles. The van der Waals surface area contributed by atoms with Crippen LogP contribution in [0.1, 0.15) is 26.2 Å². The fraction of sp³-hybridized carbons (Fsp3) is 0.692. The second-order valence-corrected chi connectivity index (χ2v) is 5.00. The second-order valence-electron chi connectivity index (χ2n) is 5.00. The van der Waals surface area contributed by atoms with Crippen molar-refractivity contribution in [2.75, 3.05) is 13.1 Å². The van der Waals surface area contributed by atoms with E-state index >= 15 is 0 Å². The van der Waals surface area contributed by atoms with Crippen LogP contribution in [0.2, 0.25) is 0 Å². The van der Waals surface area contributed by atoms with Gasteiger partial charge in [-0.15, -0.1) is 0 Å². The number of aliphatic carboxylic acids is 1. The molecule has 1 heterocycles. The van der Waals surface area contributed by atoms with Gasteiger partial charge in [-0.2, -0.15) is 0 Å². The van der Waals surface area contributed by atoms with Gasteiger partial charge in [-0.05, 0) is 26.2 Å². The van der Waals surface area contributed by atoms with Gasteiger partial charge in [0.1, 0.15) is 0 Å². The number of amides is 1. The van der Waals surface area contributed by atoms with Crippen LogP contribution >= 0.6 is 0 Å². The van der Waals surface area contributed by atoms with Gasteiger partial charge >= 0.3 is 5.97 Å². The molecule has 18 heavy (non-hydrogen) atoms. The van der Waals surface area contributed by atoms with Crippen LogP contribution in [0.4, 0.5) is 0 Å². The van der Waals surface area contributed by atoms with Crippen LogP contribution in [0.25, 0.3) is 0 Å². The van der Waals surface area contributed by atoms with E-state index in [0.717, 1.165) is 19.3 Å². The fourth-order valence-corrected chi connectivity index (χ4v) is 2.54. The number of carboxylic acid groups (broad SMARTS) is 1. The molecule has 0 saturated carbocycles. The van der Waals surface area contributed by atoms with Crippen molar-refractivity contribution in [1.29, 1.82) is 0 Å². The highest BCUT2D eigenvalue weighted by atomic mass is 16.5. The third-order valence-corrected chi connectivity index (χ3v) is 3.47. The highest BCUT2D eigenvalue weighted by molar-refractivity contribution is 5.81. The van der Waals surface area contributed by atoms with Crippen LogP contribution < -0.4 is 0 Å². The Labute approximate surface area is 106 Å². The van der Waals surface area contributed by atoms with E-state index < -0.39 is 12.1 Å². The first-order valence-corrected chi connectivity index (χ1v) is 6.40. The average Bonchev–Trinajstić information content (AvgIpc) is 2.38. The van der Waals surface area contributed by atoms with Crippen molar-refractivity contribution >= 4 is 11.9 Å². The highest BCUT2D eigenvalue weighted by Gasteiger charge is 2.34. The van der Waals surface area contributed by atoms with Crippen molar-refractivity contribution in [3.63, 3.8) is 0 Å².